The Labute approximate surface area is 107 Å². The topological polar surface area (TPSA) is 70.7 Å². The molecule has 2 heterocycles. The number of carbonyl (C=O) groups excluding carboxylic acids is 1. The van der Waals surface area contributed by atoms with Crippen molar-refractivity contribution in [1.29, 1.82) is 0 Å². The van der Waals surface area contributed by atoms with Gasteiger partial charge in [-0.05, 0) is 18.6 Å². The largest absolute Gasteiger partial charge is 0.341 e. The number of imidazole rings is 1. The summed E-state index contributed by atoms with van der Waals surface area (Å²) in [5.41, 5.74) is 2.03. The number of benzene rings is 1. The molecule has 0 radical (unpaired) electrons. The molecule has 6 heteroatoms. The first kappa shape index (κ1) is 10.9. The molecule has 18 heavy (non-hydrogen) atoms. The number of para-hydroxylation sites is 1. The number of H-pyrrole nitrogens is 1. The van der Waals surface area contributed by atoms with E-state index in [1.54, 1.807) is 6.20 Å². The number of aromatic nitrogens is 3. The number of nitrogens with one attached hydrogen (secondary N) is 2. The Morgan fingerprint density at radius 3 is 3.06 bits per heavy atom. The smallest absolute Gasteiger partial charge is 0.293 e. The van der Waals surface area contributed by atoms with Crippen molar-refractivity contribution in [2.24, 2.45) is 0 Å². The molecule has 0 bridgehead atoms. The van der Waals surface area contributed by atoms with E-state index in [9.17, 15) is 4.79 Å². The van der Waals surface area contributed by atoms with Crippen LogP contribution in [0.2, 0.25) is 0 Å². The Morgan fingerprint density at radius 1 is 1.44 bits per heavy atom. The molecule has 1 amide bonds. The van der Waals surface area contributed by atoms with Gasteiger partial charge in [-0.25, -0.2) is 9.97 Å². The Kier molecular flexibility index (Phi) is 2.56. The molecule has 3 aromatic rings. The van der Waals surface area contributed by atoms with Crippen LogP contribution in [0.25, 0.3) is 10.2 Å². The van der Waals surface area contributed by atoms with Crippen LogP contribution in [-0.4, -0.2) is 20.9 Å². The molecule has 0 aliphatic carbocycles. The van der Waals surface area contributed by atoms with E-state index in [0.717, 1.165) is 15.8 Å². The number of fused-ring (bicyclic) bond motifs is 1. The van der Waals surface area contributed by atoms with Crippen LogP contribution in [0.15, 0.2) is 30.6 Å². The van der Waals surface area contributed by atoms with Crippen LogP contribution in [0, 0.1) is 6.92 Å². The first-order chi connectivity index (χ1) is 8.74. The van der Waals surface area contributed by atoms with Crippen LogP contribution in [0.3, 0.4) is 0 Å². The standard InChI is InChI=1S/C12H10N4OS/c1-7-3-2-4-8-9(7)15-12(18-8)16-11(17)10-13-5-6-14-10/h2-6H,1H3,(H,13,14)(H,15,16,17). The number of amides is 1. The summed E-state index contributed by atoms with van der Waals surface area (Å²) in [6.07, 6.45) is 3.15. The van der Waals surface area contributed by atoms with Gasteiger partial charge in [-0.3, -0.25) is 10.1 Å². The second kappa shape index (κ2) is 4.23. The van der Waals surface area contributed by atoms with Gasteiger partial charge in [-0.2, -0.15) is 0 Å². The maximum absolute atomic E-state index is 11.8. The minimum absolute atomic E-state index is 0.281. The quantitative estimate of drug-likeness (QED) is 0.742. The van der Waals surface area contributed by atoms with Crippen LogP contribution < -0.4 is 5.32 Å². The average Bonchev–Trinajstić information content (AvgIpc) is 2.97. The van der Waals surface area contributed by atoms with E-state index in [0.29, 0.717) is 5.13 Å². The summed E-state index contributed by atoms with van der Waals surface area (Å²) < 4.78 is 1.06. The number of aromatic amines is 1. The fraction of sp³-hybridized carbons (Fsp3) is 0.0833. The number of hydrogen-bond donors (Lipinski definition) is 2. The van der Waals surface area contributed by atoms with Crippen molar-refractivity contribution >= 4 is 32.6 Å². The van der Waals surface area contributed by atoms with Crippen LogP contribution in [0.5, 0.6) is 0 Å². The molecule has 0 aliphatic rings. The molecule has 2 N–H and O–H groups in total. The third-order valence-electron chi connectivity index (χ3n) is 2.55. The van der Waals surface area contributed by atoms with Crippen molar-refractivity contribution in [3.05, 3.63) is 42.0 Å². The van der Waals surface area contributed by atoms with Crippen molar-refractivity contribution in [2.45, 2.75) is 6.92 Å². The maximum atomic E-state index is 11.8. The van der Waals surface area contributed by atoms with Gasteiger partial charge in [-0.15, -0.1) is 0 Å². The molecule has 0 unspecified atom stereocenters. The summed E-state index contributed by atoms with van der Waals surface area (Å²) in [7, 11) is 0. The van der Waals surface area contributed by atoms with Crippen molar-refractivity contribution in [2.75, 3.05) is 5.32 Å². The number of thiazole rings is 1. The lowest BCUT2D eigenvalue weighted by atomic mass is 10.2. The molecule has 3 rings (SSSR count). The van der Waals surface area contributed by atoms with Crippen molar-refractivity contribution in [1.82, 2.24) is 15.0 Å². The predicted molar refractivity (Wildman–Crippen MR) is 70.9 cm³/mol. The van der Waals surface area contributed by atoms with Crippen LogP contribution >= 0.6 is 11.3 Å². The zero-order chi connectivity index (χ0) is 12.5. The third kappa shape index (κ3) is 1.86. The molecule has 0 fully saturated rings. The molecule has 0 saturated carbocycles. The van der Waals surface area contributed by atoms with E-state index in [1.807, 2.05) is 25.1 Å². The Balaban J connectivity index is 1.92. The van der Waals surface area contributed by atoms with Gasteiger partial charge in [-0.1, -0.05) is 23.5 Å². The van der Waals surface area contributed by atoms with Crippen molar-refractivity contribution < 1.29 is 4.79 Å². The Hall–Kier alpha value is -2.21. The second-order valence-corrected chi connectivity index (χ2v) is 4.86. The van der Waals surface area contributed by atoms with E-state index in [2.05, 4.69) is 20.3 Å². The zero-order valence-corrected chi connectivity index (χ0v) is 10.4. The van der Waals surface area contributed by atoms with E-state index in [-0.39, 0.29) is 11.7 Å². The minimum Gasteiger partial charge on any atom is -0.341 e. The van der Waals surface area contributed by atoms with Crippen LogP contribution in [0.1, 0.15) is 16.2 Å². The summed E-state index contributed by atoms with van der Waals surface area (Å²) in [5, 5.41) is 3.32. The zero-order valence-electron chi connectivity index (χ0n) is 9.60. The Morgan fingerprint density at radius 2 is 2.33 bits per heavy atom. The molecule has 0 spiro atoms. The molecular weight excluding hydrogens is 248 g/mol. The SMILES string of the molecule is Cc1cccc2sc(NC(=O)c3ncc[nH]3)nc12. The number of aryl methyl sites for hydroxylation is 1. The summed E-state index contributed by atoms with van der Waals surface area (Å²) in [4.78, 5) is 22.9. The Bertz CT molecular complexity index is 702. The maximum Gasteiger partial charge on any atom is 0.293 e. The first-order valence-electron chi connectivity index (χ1n) is 5.41. The fourth-order valence-corrected chi connectivity index (χ4v) is 2.62. The molecule has 0 aliphatic heterocycles. The second-order valence-electron chi connectivity index (χ2n) is 3.83. The van der Waals surface area contributed by atoms with E-state index in [4.69, 9.17) is 0 Å². The summed E-state index contributed by atoms with van der Waals surface area (Å²) in [6.45, 7) is 2.00. The lowest BCUT2D eigenvalue weighted by molar-refractivity contribution is 0.101. The van der Waals surface area contributed by atoms with Gasteiger partial charge >= 0.3 is 0 Å². The summed E-state index contributed by atoms with van der Waals surface area (Å²) >= 11 is 1.45. The number of rotatable bonds is 2. The molecule has 2 aromatic heterocycles. The van der Waals surface area contributed by atoms with Crippen molar-refractivity contribution in [3.63, 3.8) is 0 Å². The van der Waals surface area contributed by atoms with Crippen LogP contribution in [-0.2, 0) is 0 Å². The highest BCUT2D eigenvalue weighted by Gasteiger charge is 2.11. The number of anilines is 1. The first-order valence-corrected chi connectivity index (χ1v) is 6.22. The molecule has 1 aromatic carbocycles. The van der Waals surface area contributed by atoms with E-state index >= 15 is 0 Å². The summed E-state index contributed by atoms with van der Waals surface area (Å²) in [5.74, 6) is 0.00249. The van der Waals surface area contributed by atoms with E-state index in [1.165, 1.54) is 17.5 Å². The lowest BCUT2D eigenvalue weighted by Gasteiger charge is -1.96. The molecular formula is C12H10N4OS. The molecule has 90 valence electrons. The summed E-state index contributed by atoms with van der Waals surface area (Å²) in [6, 6.07) is 5.97. The third-order valence-corrected chi connectivity index (χ3v) is 3.49. The molecule has 5 nitrogen and oxygen atoms in total. The lowest BCUT2D eigenvalue weighted by Crippen LogP contribution is -2.13. The van der Waals surface area contributed by atoms with Gasteiger partial charge in [0.25, 0.3) is 5.91 Å². The van der Waals surface area contributed by atoms with Gasteiger partial charge in [0, 0.05) is 12.4 Å². The highest BCUT2D eigenvalue weighted by atomic mass is 32.1. The number of nitrogens with zero attached hydrogens (tertiary/aromatic N) is 2. The van der Waals surface area contributed by atoms with Crippen molar-refractivity contribution in [3.8, 4) is 0 Å². The van der Waals surface area contributed by atoms with Gasteiger partial charge in [0.15, 0.2) is 11.0 Å². The van der Waals surface area contributed by atoms with Crippen LogP contribution in [0.4, 0.5) is 5.13 Å². The van der Waals surface area contributed by atoms with E-state index < -0.39 is 0 Å². The highest BCUT2D eigenvalue weighted by molar-refractivity contribution is 7.22. The average molecular weight is 258 g/mol. The van der Waals surface area contributed by atoms with Gasteiger partial charge in [0.05, 0.1) is 10.2 Å². The minimum atomic E-state index is -0.281. The monoisotopic (exact) mass is 258 g/mol. The van der Waals surface area contributed by atoms with Gasteiger partial charge < -0.3 is 4.98 Å². The normalized spacial score (nSPS) is 10.7. The number of hydrogen-bond acceptors (Lipinski definition) is 4. The fourth-order valence-electron chi connectivity index (χ4n) is 1.69. The number of carbonyl (C=O) groups is 1. The predicted octanol–water partition coefficient (Wildman–Crippen LogP) is 2.58. The highest BCUT2D eigenvalue weighted by Crippen LogP contribution is 2.27. The molecule has 0 saturated heterocycles. The van der Waals surface area contributed by atoms with Gasteiger partial charge in [0.2, 0.25) is 0 Å². The molecule has 0 atom stereocenters. The van der Waals surface area contributed by atoms with Gasteiger partial charge in [0.1, 0.15) is 0 Å².